The minimum Gasteiger partial charge on any atom is -0.461 e. The zero-order valence-corrected chi connectivity index (χ0v) is 14.4. The maximum atomic E-state index is 12.6. The zero-order chi connectivity index (χ0) is 16.4. The number of esters is 1. The molecule has 5 nitrogen and oxygen atoms in total. The molecule has 0 spiro atoms. The molecular weight excluding hydrogens is 312 g/mol. The van der Waals surface area contributed by atoms with Gasteiger partial charge in [-0.05, 0) is 45.1 Å². The lowest BCUT2D eigenvalue weighted by atomic mass is 9.98. The quantitative estimate of drug-likeness (QED) is 0.803. The van der Waals surface area contributed by atoms with Crippen molar-refractivity contribution in [2.75, 3.05) is 0 Å². The van der Waals surface area contributed by atoms with Gasteiger partial charge in [0, 0.05) is 4.88 Å². The molecular formula is C17H22N2O3S. The van der Waals surface area contributed by atoms with Crippen LogP contribution in [0.2, 0.25) is 0 Å². The first-order valence-corrected chi connectivity index (χ1v) is 9.12. The Morgan fingerprint density at radius 1 is 1.43 bits per heavy atom. The molecule has 1 aliphatic rings. The second-order valence-corrected chi connectivity index (χ2v) is 7.23. The number of hydrogen-bond acceptors (Lipinski definition) is 5. The molecule has 0 aromatic carbocycles. The number of fused-ring (bicyclic) bond motifs is 1. The lowest BCUT2D eigenvalue weighted by Crippen LogP contribution is -2.32. The van der Waals surface area contributed by atoms with Gasteiger partial charge in [0.1, 0.15) is 17.0 Å². The third-order valence-corrected chi connectivity index (χ3v) is 5.66. The van der Waals surface area contributed by atoms with Crippen molar-refractivity contribution in [3.63, 3.8) is 0 Å². The maximum Gasteiger partial charge on any atom is 0.329 e. The van der Waals surface area contributed by atoms with Gasteiger partial charge in [0.15, 0.2) is 0 Å². The average Bonchev–Trinajstić information content (AvgIpc) is 3.00. The van der Waals surface area contributed by atoms with Gasteiger partial charge in [0.2, 0.25) is 0 Å². The van der Waals surface area contributed by atoms with Crippen molar-refractivity contribution in [2.45, 2.75) is 64.5 Å². The summed E-state index contributed by atoms with van der Waals surface area (Å²) in [5, 5.41) is 0.590. The molecule has 0 amide bonds. The van der Waals surface area contributed by atoms with Crippen LogP contribution >= 0.6 is 11.3 Å². The van der Waals surface area contributed by atoms with Gasteiger partial charge < -0.3 is 4.74 Å². The van der Waals surface area contributed by atoms with E-state index in [0.29, 0.717) is 5.39 Å². The Bertz CT molecular complexity index is 759. The van der Waals surface area contributed by atoms with E-state index in [2.05, 4.69) is 4.98 Å². The van der Waals surface area contributed by atoms with Crippen molar-refractivity contribution in [3.8, 4) is 0 Å². The molecule has 0 saturated heterocycles. The van der Waals surface area contributed by atoms with Gasteiger partial charge in [-0.25, -0.2) is 9.78 Å². The molecule has 6 heteroatoms. The number of ether oxygens (including phenoxy) is 1. The lowest BCUT2D eigenvalue weighted by molar-refractivity contribution is -0.154. The second-order valence-electron chi connectivity index (χ2n) is 6.11. The van der Waals surface area contributed by atoms with E-state index in [1.165, 1.54) is 28.7 Å². The Kier molecular flexibility index (Phi) is 4.80. The summed E-state index contributed by atoms with van der Waals surface area (Å²) in [6, 6.07) is 1.23. The Labute approximate surface area is 139 Å². The Morgan fingerprint density at radius 3 is 2.87 bits per heavy atom. The summed E-state index contributed by atoms with van der Waals surface area (Å²) in [6.07, 6.45) is 7.61. The highest BCUT2D eigenvalue weighted by Crippen LogP contribution is 2.23. The molecule has 0 radical (unpaired) electrons. The fourth-order valence-corrected chi connectivity index (χ4v) is 3.92. The minimum atomic E-state index is -0.647. The van der Waals surface area contributed by atoms with Gasteiger partial charge in [-0.2, -0.15) is 0 Å². The topological polar surface area (TPSA) is 61.2 Å². The van der Waals surface area contributed by atoms with Crippen molar-refractivity contribution in [1.29, 1.82) is 0 Å². The maximum absolute atomic E-state index is 12.6. The highest BCUT2D eigenvalue weighted by molar-refractivity contribution is 7.18. The van der Waals surface area contributed by atoms with Crippen LogP contribution in [0.5, 0.6) is 0 Å². The van der Waals surface area contributed by atoms with E-state index in [0.717, 1.165) is 41.8 Å². The Balaban J connectivity index is 1.82. The summed E-state index contributed by atoms with van der Waals surface area (Å²) in [5.41, 5.74) is -0.168. The van der Waals surface area contributed by atoms with E-state index in [9.17, 15) is 9.59 Å². The molecule has 2 aromatic heterocycles. The predicted molar refractivity (Wildman–Crippen MR) is 90.9 cm³/mol. The van der Waals surface area contributed by atoms with Crippen molar-refractivity contribution >= 4 is 27.5 Å². The summed E-state index contributed by atoms with van der Waals surface area (Å²) < 4.78 is 6.97. The predicted octanol–water partition coefficient (Wildman–Crippen LogP) is 3.46. The molecule has 1 saturated carbocycles. The highest BCUT2D eigenvalue weighted by atomic mass is 32.1. The minimum absolute atomic E-state index is 0.000987. The first-order chi connectivity index (χ1) is 11.1. The number of aryl methyl sites for hydroxylation is 1. The molecule has 3 rings (SSSR count). The molecule has 0 N–H and O–H groups in total. The summed E-state index contributed by atoms with van der Waals surface area (Å²) in [6.45, 7) is 3.75. The SMILES string of the molecule is CCc1cc2c(=O)n([C@@H](C)C(=O)OC3CCCCC3)cnc2s1. The largest absolute Gasteiger partial charge is 0.461 e. The van der Waals surface area contributed by atoms with Gasteiger partial charge in [-0.15, -0.1) is 11.3 Å². The molecule has 1 aliphatic carbocycles. The third-order valence-electron chi connectivity index (χ3n) is 4.47. The van der Waals surface area contributed by atoms with E-state index < -0.39 is 6.04 Å². The molecule has 1 fully saturated rings. The van der Waals surface area contributed by atoms with Crippen LogP contribution in [0.1, 0.15) is 56.9 Å². The summed E-state index contributed by atoms with van der Waals surface area (Å²) in [5.74, 6) is -0.342. The first kappa shape index (κ1) is 16.2. The monoisotopic (exact) mass is 334 g/mol. The fraction of sp³-hybridized carbons (Fsp3) is 0.588. The van der Waals surface area contributed by atoms with Gasteiger partial charge in [-0.1, -0.05) is 13.3 Å². The average molecular weight is 334 g/mol. The lowest BCUT2D eigenvalue weighted by Gasteiger charge is -2.24. The summed E-state index contributed by atoms with van der Waals surface area (Å²) in [4.78, 5) is 31.2. The van der Waals surface area contributed by atoms with Crippen LogP contribution in [-0.2, 0) is 16.0 Å². The molecule has 2 heterocycles. The molecule has 0 bridgehead atoms. The molecule has 0 unspecified atom stereocenters. The van der Waals surface area contributed by atoms with E-state index >= 15 is 0 Å². The van der Waals surface area contributed by atoms with Crippen molar-refractivity contribution in [1.82, 2.24) is 9.55 Å². The Morgan fingerprint density at radius 2 is 2.17 bits per heavy atom. The van der Waals surface area contributed by atoms with Gasteiger partial charge in [0.25, 0.3) is 5.56 Å². The number of carbonyl (C=O) groups excluding carboxylic acids is 1. The van der Waals surface area contributed by atoms with E-state index in [1.807, 2.05) is 13.0 Å². The standard InChI is InChI=1S/C17H22N2O3S/c1-3-13-9-14-15(23-13)18-10-19(16(14)20)11(2)17(21)22-12-7-5-4-6-8-12/h9-12H,3-8H2,1-2H3/t11-/m0/s1. The molecule has 124 valence electrons. The van der Waals surface area contributed by atoms with Gasteiger partial charge in [-0.3, -0.25) is 9.36 Å². The van der Waals surface area contributed by atoms with Crippen molar-refractivity contribution in [3.05, 3.63) is 27.6 Å². The molecule has 0 aliphatic heterocycles. The van der Waals surface area contributed by atoms with Crippen molar-refractivity contribution in [2.24, 2.45) is 0 Å². The fourth-order valence-electron chi connectivity index (χ4n) is 3.00. The number of aromatic nitrogens is 2. The van der Waals surface area contributed by atoms with Crippen LogP contribution < -0.4 is 5.56 Å². The normalized spacial score (nSPS) is 17.3. The number of rotatable bonds is 4. The molecule has 23 heavy (non-hydrogen) atoms. The van der Waals surface area contributed by atoms with E-state index in [1.54, 1.807) is 6.92 Å². The number of nitrogens with zero attached hydrogens (tertiary/aromatic N) is 2. The number of carbonyl (C=O) groups is 1. The van der Waals surface area contributed by atoms with Crippen LogP contribution in [0.4, 0.5) is 0 Å². The first-order valence-electron chi connectivity index (χ1n) is 8.30. The number of hydrogen-bond donors (Lipinski definition) is 0. The van der Waals surface area contributed by atoms with Crippen LogP contribution in [-0.4, -0.2) is 21.6 Å². The van der Waals surface area contributed by atoms with Crippen LogP contribution in [0.3, 0.4) is 0 Å². The Hall–Kier alpha value is -1.69. The number of thiophene rings is 1. The molecule has 1 atom stereocenters. The summed E-state index contributed by atoms with van der Waals surface area (Å²) >= 11 is 1.53. The third kappa shape index (κ3) is 3.32. The van der Waals surface area contributed by atoms with E-state index in [4.69, 9.17) is 4.74 Å². The van der Waals surface area contributed by atoms with Crippen LogP contribution in [0, 0.1) is 0 Å². The van der Waals surface area contributed by atoms with E-state index in [-0.39, 0.29) is 17.6 Å². The van der Waals surface area contributed by atoms with Gasteiger partial charge >= 0.3 is 5.97 Å². The highest BCUT2D eigenvalue weighted by Gasteiger charge is 2.24. The van der Waals surface area contributed by atoms with Crippen molar-refractivity contribution < 1.29 is 9.53 Å². The smallest absolute Gasteiger partial charge is 0.329 e. The van der Waals surface area contributed by atoms with Crippen LogP contribution in [0.25, 0.3) is 10.2 Å². The van der Waals surface area contributed by atoms with Gasteiger partial charge in [0.05, 0.1) is 11.7 Å². The molecule has 2 aromatic rings. The zero-order valence-electron chi connectivity index (χ0n) is 13.6. The van der Waals surface area contributed by atoms with Crippen LogP contribution in [0.15, 0.2) is 17.2 Å². The summed E-state index contributed by atoms with van der Waals surface area (Å²) in [7, 11) is 0. The second kappa shape index (κ2) is 6.83.